The molecular formula is C11H19NO3. The summed E-state index contributed by atoms with van der Waals surface area (Å²) in [5, 5.41) is 8.90. The van der Waals surface area contributed by atoms with E-state index >= 15 is 0 Å². The van der Waals surface area contributed by atoms with Crippen LogP contribution in [0.5, 0.6) is 0 Å². The van der Waals surface area contributed by atoms with Crippen molar-refractivity contribution in [2.75, 3.05) is 20.5 Å². The molecule has 0 aliphatic carbocycles. The van der Waals surface area contributed by atoms with Gasteiger partial charge in [0.2, 0.25) is 0 Å². The average molecular weight is 213 g/mol. The Morgan fingerprint density at radius 3 is 2.73 bits per heavy atom. The first-order chi connectivity index (χ1) is 7.27. The van der Waals surface area contributed by atoms with E-state index in [1.54, 1.807) is 7.11 Å². The highest BCUT2D eigenvalue weighted by atomic mass is 16.7. The highest BCUT2D eigenvalue weighted by molar-refractivity contribution is 4.87. The van der Waals surface area contributed by atoms with E-state index in [-0.39, 0.29) is 5.92 Å². The normalized spacial score (nSPS) is 25.9. The summed E-state index contributed by atoms with van der Waals surface area (Å²) in [4.78, 5) is 0. The van der Waals surface area contributed by atoms with Gasteiger partial charge in [0.15, 0.2) is 0 Å². The summed E-state index contributed by atoms with van der Waals surface area (Å²) in [6.45, 7) is 2.96. The lowest BCUT2D eigenvalue weighted by Gasteiger charge is -2.07. The molecule has 1 aliphatic heterocycles. The molecule has 0 spiro atoms. The molecule has 0 amide bonds. The minimum atomic E-state index is 0.0817. The zero-order valence-corrected chi connectivity index (χ0v) is 9.44. The van der Waals surface area contributed by atoms with Crippen molar-refractivity contribution in [2.45, 2.75) is 38.4 Å². The Morgan fingerprint density at radius 2 is 2.20 bits per heavy atom. The third kappa shape index (κ3) is 5.12. The fourth-order valence-corrected chi connectivity index (χ4v) is 1.54. The van der Waals surface area contributed by atoms with Crippen LogP contribution in [0.2, 0.25) is 0 Å². The Morgan fingerprint density at radius 1 is 1.47 bits per heavy atom. The molecule has 1 aliphatic rings. The molecular weight excluding hydrogens is 194 g/mol. The molecule has 0 aromatic rings. The van der Waals surface area contributed by atoms with Gasteiger partial charge in [-0.2, -0.15) is 5.26 Å². The van der Waals surface area contributed by atoms with Crippen LogP contribution in [-0.4, -0.2) is 32.7 Å². The largest absolute Gasteiger partial charge is 0.370 e. The molecule has 4 nitrogen and oxygen atoms in total. The van der Waals surface area contributed by atoms with Gasteiger partial charge < -0.3 is 14.2 Å². The monoisotopic (exact) mass is 213 g/mol. The summed E-state index contributed by atoms with van der Waals surface area (Å²) >= 11 is 0. The van der Waals surface area contributed by atoms with Crippen LogP contribution in [0.4, 0.5) is 0 Å². The van der Waals surface area contributed by atoms with Gasteiger partial charge >= 0.3 is 0 Å². The van der Waals surface area contributed by atoms with Crippen molar-refractivity contribution in [2.24, 2.45) is 5.92 Å². The highest BCUT2D eigenvalue weighted by Gasteiger charge is 2.33. The summed E-state index contributed by atoms with van der Waals surface area (Å²) < 4.78 is 15.2. The Bertz CT molecular complexity index is 214. The first-order valence-corrected chi connectivity index (χ1v) is 5.39. The molecule has 0 bridgehead atoms. The van der Waals surface area contributed by atoms with Crippen molar-refractivity contribution >= 4 is 0 Å². The molecule has 0 unspecified atom stereocenters. The summed E-state index contributed by atoms with van der Waals surface area (Å²) in [5.74, 6) is 0.0817. The fraction of sp³-hybridized carbons (Fsp3) is 0.909. The molecule has 0 saturated carbocycles. The van der Waals surface area contributed by atoms with Crippen LogP contribution in [-0.2, 0) is 14.2 Å². The van der Waals surface area contributed by atoms with Crippen LogP contribution in [0.3, 0.4) is 0 Å². The van der Waals surface area contributed by atoms with Gasteiger partial charge in [-0.25, -0.2) is 0 Å². The summed E-state index contributed by atoms with van der Waals surface area (Å²) in [7, 11) is 1.59. The molecule has 0 N–H and O–H groups in total. The number of nitrogens with zero attached hydrogens (tertiary/aromatic N) is 1. The van der Waals surface area contributed by atoms with E-state index in [4.69, 9.17) is 19.5 Å². The summed E-state index contributed by atoms with van der Waals surface area (Å²) in [5.41, 5.74) is 0. The maximum Gasteiger partial charge on any atom is 0.146 e. The van der Waals surface area contributed by atoms with Gasteiger partial charge in [-0.05, 0) is 26.2 Å². The number of nitriles is 1. The van der Waals surface area contributed by atoms with Gasteiger partial charge in [-0.3, -0.25) is 0 Å². The van der Waals surface area contributed by atoms with Crippen molar-refractivity contribution < 1.29 is 14.2 Å². The SMILES string of the molecule is COCOCC[C@H](C#N)CC[C@@H]1O[C@H]1C. The van der Waals surface area contributed by atoms with Gasteiger partial charge in [0.1, 0.15) is 6.79 Å². The maximum atomic E-state index is 8.90. The first-order valence-electron chi connectivity index (χ1n) is 5.39. The summed E-state index contributed by atoms with van der Waals surface area (Å²) in [6.07, 6.45) is 3.46. The molecule has 1 heterocycles. The molecule has 1 fully saturated rings. The van der Waals surface area contributed by atoms with Gasteiger partial charge in [0.05, 0.1) is 24.9 Å². The van der Waals surface area contributed by atoms with Crippen molar-refractivity contribution in [3.05, 3.63) is 0 Å². The van der Waals surface area contributed by atoms with Gasteiger partial charge in [-0.15, -0.1) is 0 Å². The quantitative estimate of drug-likeness (QED) is 0.350. The van der Waals surface area contributed by atoms with Crippen molar-refractivity contribution in [3.63, 3.8) is 0 Å². The molecule has 4 heteroatoms. The molecule has 0 aromatic carbocycles. The second kappa shape index (κ2) is 6.78. The average Bonchev–Trinajstić information content (AvgIpc) is 2.94. The second-order valence-electron chi connectivity index (χ2n) is 3.89. The molecule has 15 heavy (non-hydrogen) atoms. The minimum Gasteiger partial charge on any atom is -0.370 e. The number of hydrogen-bond acceptors (Lipinski definition) is 4. The topological polar surface area (TPSA) is 54.8 Å². The van der Waals surface area contributed by atoms with Crippen LogP contribution in [0, 0.1) is 17.2 Å². The van der Waals surface area contributed by atoms with E-state index < -0.39 is 0 Å². The zero-order valence-electron chi connectivity index (χ0n) is 9.44. The zero-order chi connectivity index (χ0) is 11.1. The van der Waals surface area contributed by atoms with Crippen LogP contribution in [0.25, 0.3) is 0 Å². The number of rotatable bonds is 8. The number of methoxy groups -OCH3 is 1. The Kier molecular flexibility index (Phi) is 5.62. The maximum absolute atomic E-state index is 8.90. The number of ether oxygens (including phenoxy) is 3. The fourth-order valence-electron chi connectivity index (χ4n) is 1.54. The van der Waals surface area contributed by atoms with Crippen molar-refractivity contribution in [3.8, 4) is 6.07 Å². The lowest BCUT2D eigenvalue weighted by Crippen LogP contribution is -2.06. The Balaban J connectivity index is 2.00. The Labute approximate surface area is 91.1 Å². The van der Waals surface area contributed by atoms with E-state index in [1.165, 1.54) is 0 Å². The van der Waals surface area contributed by atoms with E-state index in [9.17, 15) is 0 Å². The highest BCUT2D eigenvalue weighted by Crippen LogP contribution is 2.27. The van der Waals surface area contributed by atoms with E-state index in [0.717, 1.165) is 19.3 Å². The van der Waals surface area contributed by atoms with Crippen LogP contribution in [0.15, 0.2) is 0 Å². The lowest BCUT2D eigenvalue weighted by molar-refractivity contribution is -0.0333. The standard InChI is InChI=1S/C11H19NO3/c1-9-11(15-9)4-3-10(7-12)5-6-14-8-13-2/h9-11H,3-6,8H2,1-2H3/t9-,10+,11-/m0/s1. The molecule has 1 rings (SSSR count). The van der Waals surface area contributed by atoms with Crippen molar-refractivity contribution in [1.82, 2.24) is 0 Å². The minimum absolute atomic E-state index is 0.0817. The van der Waals surface area contributed by atoms with E-state index in [0.29, 0.717) is 25.6 Å². The first kappa shape index (κ1) is 12.4. The molecule has 0 aromatic heterocycles. The van der Waals surface area contributed by atoms with Gasteiger partial charge in [-0.1, -0.05) is 0 Å². The molecule has 3 atom stereocenters. The number of epoxide rings is 1. The second-order valence-corrected chi connectivity index (χ2v) is 3.89. The Hall–Kier alpha value is -0.630. The predicted octanol–water partition coefficient (Wildman–Crippen LogP) is 1.70. The molecule has 86 valence electrons. The predicted molar refractivity (Wildman–Crippen MR) is 55.1 cm³/mol. The van der Waals surface area contributed by atoms with Crippen molar-refractivity contribution in [1.29, 1.82) is 5.26 Å². The summed E-state index contributed by atoms with van der Waals surface area (Å²) in [6, 6.07) is 2.30. The van der Waals surface area contributed by atoms with Gasteiger partial charge in [0.25, 0.3) is 0 Å². The number of hydrogen-bond donors (Lipinski definition) is 0. The lowest BCUT2D eigenvalue weighted by atomic mass is 10.00. The van der Waals surface area contributed by atoms with Crippen LogP contribution >= 0.6 is 0 Å². The smallest absolute Gasteiger partial charge is 0.146 e. The molecule has 0 radical (unpaired) electrons. The van der Waals surface area contributed by atoms with Gasteiger partial charge in [0, 0.05) is 13.0 Å². The van der Waals surface area contributed by atoms with Crippen LogP contribution in [0.1, 0.15) is 26.2 Å². The van der Waals surface area contributed by atoms with Crippen LogP contribution < -0.4 is 0 Å². The third-order valence-electron chi connectivity index (χ3n) is 2.63. The van der Waals surface area contributed by atoms with E-state index in [2.05, 4.69) is 13.0 Å². The van der Waals surface area contributed by atoms with E-state index in [1.807, 2.05) is 0 Å². The third-order valence-corrected chi connectivity index (χ3v) is 2.63. The molecule has 1 saturated heterocycles.